The van der Waals surface area contributed by atoms with Gasteiger partial charge in [0.05, 0.1) is 6.67 Å². The molecule has 1 N–H and O–H groups in total. The van der Waals surface area contributed by atoms with Gasteiger partial charge in [-0.3, -0.25) is 9.80 Å². The van der Waals surface area contributed by atoms with E-state index < -0.39 is 0 Å². The zero-order valence-corrected chi connectivity index (χ0v) is 11.4. The summed E-state index contributed by atoms with van der Waals surface area (Å²) in [5.74, 6) is 0. The molecule has 3 fully saturated rings. The maximum atomic E-state index is 3.61. The Bertz CT molecular complexity index is 271. The van der Waals surface area contributed by atoms with Crippen LogP contribution >= 0.6 is 0 Å². The number of likely N-dealkylation sites (N-methyl/N-ethyl adjacent to an activating group) is 1. The molecule has 0 radical (unpaired) electrons. The molecule has 0 aliphatic carbocycles. The van der Waals surface area contributed by atoms with E-state index in [0.29, 0.717) is 12.1 Å². The van der Waals surface area contributed by atoms with Gasteiger partial charge >= 0.3 is 0 Å². The topological polar surface area (TPSA) is 21.8 Å². The summed E-state index contributed by atoms with van der Waals surface area (Å²) in [7, 11) is 2.27. The molecule has 0 unspecified atom stereocenters. The van der Waals surface area contributed by atoms with Crippen molar-refractivity contribution >= 4 is 0 Å². The third-order valence-electron chi connectivity index (χ3n) is 4.64. The highest BCUT2D eigenvalue weighted by Gasteiger charge is 2.41. The Labute approximate surface area is 105 Å². The van der Waals surface area contributed by atoms with Crippen LogP contribution in [0.4, 0.5) is 0 Å². The SMILES string of the molecule is C[C@@H]1CN(CN2C[C@H]3C[C@@H]2CN3C)C[C@@H](C)N1. The number of likely N-dealkylation sites (tertiary alicyclic amines) is 2. The zero-order chi connectivity index (χ0) is 12.0. The number of hydrogen-bond donors (Lipinski definition) is 1. The van der Waals surface area contributed by atoms with Crippen LogP contribution in [0.3, 0.4) is 0 Å². The summed E-state index contributed by atoms with van der Waals surface area (Å²) in [5, 5.41) is 3.61. The number of nitrogens with zero attached hydrogens (tertiary/aromatic N) is 3. The molecule has 4 heteroatoms. The maximum Gasteiger partial charge on any atom is 0.0511 e. The quantitative estimate of drug-likeness (QED) is 0.732. The molecule has 2 bridgehead atoms. The molecule has 0 aromatic rings. The standard InChI is InChI=1S/C13H26N4/c1-10-5-16(6-11(2)14-10)9-17-8-12-4-13(17)7-15(12)3/h10-14H,4-9H2,1-3H3/t10-,11-,12-,13-/m1/s1. The monoisotopic (exact) mass is 238 g/mol. The second-order valence-electron chi connectivity index (χ2n) is 6.40. The first-order chi connectivity index (χ1) is 8.11. The molecule has 0 saturated carbocycles. The van der Waals surface area contributed by atoms with Crippen molar-refractivity contribution in [3.63, 3.8) is 0 Å². The van der Waals surface area contributed by atoms with Crippen LogP contribution in [0.5, 0.6) is 0 Å². The van der Waals surface area contributed by atoms with Crippen LogP contribution < -0.4 is 5.32 Å². The Morgan fingerprint density at radius 3 is 2.24 bits per heavy atom. The lowest BCUT2D eigenvalue weighted by atomic mass is 10.1. The van der Waals surface area contributed by atoms with Crippen molar-refractivity contribution in [2.75, 3.05) is 39.9 Å². The minimum Gasteiger partial charge on any atom is -0.309 e. The predicted octanol–water partition coefficient (Wildman–Crippen LogP) is 0.0144. The Morgan fingerprint density at radius 1 is 1.00 bits per heavy atom. The fraction of sp³-hybridized carbons (Fsp3) is 1.00. The Kier molecular flexibility index (Phi) is 3.15. The summed E-state index contributed by atoms with van der Waals surface area (Å²) in [5.41, 5.74) is 0. The van der Waals surface area contributed by atoms with Crippen LogP contribution in [-0.2, 0) is 0 Å². The second kappa shape index (κ2) is 4.50. The highest BCUT2D eigenvalue weighted by molar-refractivity contribution is 4.98. The van der Waals surface area contributed by atoms with Gasteiger partial charge in [-0.05, 0) is 27.3 Å². The molecule has 0 amide bonds. The molecular weight excluding hydrogens is 212 g/mol. The molecule has 17 heavy (non-hydrogen) atoms. The van der Waals surface area contributed by atoms with Crippen LogP contribution in [0.1, 0.15) is 20.3 Å². The third-order valence-corrected chi connectivity index (χ3v) is 4.64. The highest BCUT2D eigenvalue weighted by atomic mass is 15.4. The summed E-state index contributed by atoms with van der Waals surface area (Å²) in [6.45, 7) is 10.8. The van der Waals surface area contributed by atoms with E-state index in [4.69, 9.17) is 0 Å². The first kappa shape index (κ1) is 11.9. The van der Waals surface area contributed by atoms with Gasteiger partial charge in [0.25, 0.3) is 0 Å². The minimum atomic E-state index is 0.640. The Hall–Kier alpha value is -0.160. The van der Waals surface area contributed by atoms with E-state index in [2.05, 4.69) is 40.9 Å². The van der Waals surface area contributed by atoms with Gasteiger partial charge in [-0.25, -0.2) is 0 Å². The van der Waals surface area contributed by atoms with Gasteiger partial charge in [0.2, 0.25) is 0 Å². The van der Waals surface area contributed by atoms with Gasteiger partial charge in [0, 0.05) is 50.3 Å². The molecule has 3 rings (SSSR count). The van der Waals surface area contributed by atoms with Crippen molar-refractivity contribution in [2.45, 2.75) is 44.4 Å². The van der Waals surface area contributed by atoms with E-state index in [1.807, 2.05) is 0 Å². The van der Waals surface area contributed by atoms with Crippen molar-refractivity contribution in [3.8, 4) is 0 Å². The Balaban J connectivity index is 1.54. The summed E-state index contributed by atoms with van der Waals surface area (Å²) >= 11 is 0. The van der Waals surface area contributed by atoms with E-state index in [1.165, 1.54) is 39.3 Å². The average Bonchev–Trinajstić information content (AvgIpc) is 2.74. The largest absolute Gasteiger partial charge is 0.309 e. The molecular formula is C13H26N4. The number of rotatable bonds is 2. The average molecular weight is 238 g/mol. The maximum absolute atomic E-state index is 3.61. The number of fused-ring (bicyclic) bond motifs is 2. The smallest absolute Gasteiger partial charge is 0.0511 e. The van der Waals surface area contributed by atoms with E-state index in [1.54, 1.807) is 0 Å². The van der Waals surface area contributed by atoms with Crippen molar-refractivity contribution in [1.29, 1.82) is 0 Å². The lowest BCUT2D eigenvalue weighted by molar-refractivity contribution is 0.0550. The van der Waals surface area contributed by atoms with Crippen LogP contribution in [0, 0.1) is 0 Å². The van der Waals surface area contributed by atoms with Gasteiger partial charge in [0.15, 0.2) is 0 Å². The first-order valence-electron chi connectivity index (χ1n) is 7.04. The van der Waals surface area contributed by atoms with Gasteiger partial charge in [-0.1, -0.05) is 0 Å². The molecule has 0 spiro atoms. The van der Waals surface area contributed by atoms with Crippen LogP contribution in [0.25, 0.3) is 0 Å². The molecule has 3 saturated heterocycles. The molecule has 0 aromatic carbocycles. The van der Waals surface area contributed by atoms with Crippen LogP contribution in [0.2, 0.25) is 0 Å². The van der Waals surface area contributed by atoms with Crippen LogP contribution in [0.15, 0.2) is 0 Å². The number of nitrogens with one attached hydrogen (secondary N) is 1. The second-order valence-corrected chi connectivity index (χ2v) is 6.40. The lowest BCUT2D eigenvalue weighted by Gasteiger charge is -2.41. The zero-order valence-electron chi connectivity index (χ0n) is 11.4. The fourth-order valence-electron chi connectivity index (χ4n) is 3.93. The van der Waals surface area contributed by atoms with E-state index >= 15 is 0 Å². The predicted molar refractivity (Wildman–Crippen MR) is 70.0 cm³/mol. The summed E-state index contributed by atoms with van der Waals surface area (Å²) in [6.07, 6.45) is 1.40. The van der Waals surface area contributed by atoms with Crippen molar-refractivity contribution in [2.24, 2.45) is 0 Å². The molecule has 98 valence electrons. The van der Waals surface area contributed by atoms with Gasteiger partial charge in [0.1, 0.15) is 0 Å². The minimum absolute atomic E-state index is 0.640. The third kappa shape index (κ3) is 2.36. The van der Waals surface area contributed by atoms with Gasteiger partial charge < -0.3 is 10.2 Å². The molecule has 3 aliphatic heterocycles. The van der Waals surface area contributed by atoms with E-state index in [-0.39, 0.29) is 0 Å². The lowest BCUT2D eigenvalue weighted by Crippen LogP contribution is -2.58. The van der Waals surface area contributed by atoms with Gasteiger partial charge in [-0.2, -0.15) is 0 Å². The van der Waals surface area contributed by atoms with Crippen LogP contribution in [-0.4, -0.2) is 78.8 Å². The molecule has 4 nitrogen and oxygen atoms in total. The molecule has 4 atom stereocenters. The number of piperazine rings is 2. The fourth-order valence-corrected chi connectivity index (χ4v) is 3.93. The van der Waals surface area contributed by atoms with E-state index in [0.717, 1.165) is 12.1 Å². The summed E-state index contributed by atoms with van der Waals surface area (Å²) < 4.78 is 0. The highest BCUT2D eigenvalue weighted by Crippen LogP contribution is 2.29. The molecule has 3 heterocycles. The first-order valence-corrected chi connectivity index (χ1v) is 7.04. The molecule has 3 aliphatic rings. The summed E-state index contributed by atoms with van der Waals surface area (Å²) in [4.78, 5) is 7.87. The van der Waals surface area contributed by atoms with E-state index in [9.17, 15) is 0 Å². The summed E-state index contributed by atoms with van der Waals surface area (Å²) in [6, 6.07) is 2.94. The van der Waals surface area contributed by atoms with Crippen molar-refractivity contribution in [3.05, 3.63) is 0 Å². The number of hydrogen-bond acceptors (Lipinski definition) is 4. The van der Waals surface area contributed by atoms with Crippen molar-refractivity contribution in [1.82, 2.24) is 20.0 Å². The van der Waals surface area contributed by atoms with Gasteiger partial charge in [-0.15, -0.1) is 0 Å². The van der Waals surface area contributed by atoms with Crippen molar-refractivity contribution < 1.29 is 0 Å². The Morgan fingerprint density at radius 2 is 1.71 bits per heavy atom. The molecule has 0 aromatic heterocycles. The normalized spacial score (nSPS) is 44.6.